The minimum absolute atomic E-state index is 0.438. The third-order valence-electron chi connectivity index (χ3n) is 4.99. The van der Waals surface area contributed by atoms with Gasteiger partial charge < -0.3 is 10.4 Å². The second-order valence-electron chi connectivity index (χ2n) is 6.78. The van der Waals surface area contributed by atoms with E-state index in [2.05, 4.69) is 54.3 Å². The van der Waals surface area contributed by atoms with Gasteiger partial charge in [-0.3, -0.25) is 4.98 Å². The van der Waals surface area contributed by atoms with Crippen molar-refractivity contribution in [2.75, 3.05) is 12.4 Å². The first-order valence-corrected chi connectivity index (χ1v) is 9.61. The van der Waals surface area contributed by atoms with Crippen molar-refractivity contribution < 1.29 is 5.11 Å². The van der Waals surface area contributed by atoms with Crippen molar-refractivity contribution in [2.45, 2.75) is 53.6 Å². The highest BCUT2D eigenvalue weighted by Crippen LogP contribution is 2.27. The summed E-state index contributed by atoms with van der Waals surface area (Å²) in [5, 5.41) is 15.6. The van der Waals surface area contributed by atoms with Crippen molar-refractivity contribution in [3.8, 4) is 0 Å². The Bertz CT molecular complexity index is 894. The lowest BCUT2D eigenvalue weighted by Crippen LogP contribution is -2.09. The fourth-order valence-corrected chi connectivity index (χ4v) is 3.14. The molecule has 0 aliphatic carbocycles. The number of anilines is 1. The molecule has 0 spiro atoms. The molecule has 0 radical (unpaired) electrons. The Morgan fingerprint density at radius 2 is 1.81 bits per heavy atom. The van der Waals surface area contributed by atoms with Gasteiger partial charge in [0.05, 0.1) is 11.8 Å². The van der Waals surface area contributed by atoms with Gasteiger partial charge in [-0.15, -0.1) is 0 Å². The first-order valence-electron chi connectivity index (χ1n) is 9.61. The topological polar surface area (TPSA) is 58.0 Å². The van der Waals surface area contributed by atoms with E-state index >= 15 is 0 Å². The smallest absolute Gasteiger partial charge is 0.126 e. The molecule has 144 valence electrons. The number of aliphatic hydroxyl groups excluding tert-OH is 1. The molecule has 0 aliphatic rings. The number of aromatic nitrogens is 2. The Morgan fingerprint density at radius 3 is 2.41 bits per heavy atom. The van der Waals surface area contributed by atoms with E-state index in [4.69, 9.17) is 0 Å². The first kappa shape index (κ1) is 20.8. The number of hydrogen-bond donors (Lipinski definition) is 2. The molecule has 2 aromatic rings. The van der Waals surface area contributed by atoms with E-state index < -0.39 is 6.10 Å². The number of nitrogens with zero attached hydrogens (tertiary/aromatic N) is 2. The van der Waals surface area contributed by atoms with E-state index in [0.29, 0.717) is 6.42 Å². The van der Waals surface area contributed by atoms with E-state index in [1.807, 2.05) is 39.4 Å². The Morgan fingerprint density at radius 1 is 1.15 bits per heavy atom. The van der Waals surface area contributed by atoms with Crippen LogP contribution in [0.15, 0.2) is 53.4 Å². The highest BCUT2D eigenvalue weighted by atomic mass is 16.3. The standard InChI is InChI=1S/C23H31N3O/c1-7-15(4)20(22(27)9-3)10-16(5)19(8-2)21-11-17-14-26-23(24-6)12-18(17)13-25-21/h8,10-14,22,27H,7,9H2,1-6H3,(H,24,26)/b16-10-,19-8+,20-15-. The van der Waals surface area contributed by atoms with Crippen LogP contribution >= 0.6 is 0 Å². The van der Waals surface area contributed by atoms with Crippen molar-refractivity contribution in [1.29, 1.82) is 0 Å². The maximum atomic E-state index is 10.4. The summed E-state index contributed by atoms with van der Waals surface area (Å²) in [5.41, 5.74) is 5.31. The van der Waals surface area contributed by atoms with Crippen LogP contribution in [0.2, 0.25) is 0 Å². The predicted molar refractivity (Wildman–Crippen MR) is 116 cm³/mol. The number of aliphatic hydroxyl groups is 1. The van der Waals surface area contributed by atoms with E-state index in [1.165, 1.54) is 5.57 Å². The van der Waals surface area contributed by atoms with Gasteiger partial charge in [-0.1, -0.05) is 31.6 Å². The van der Waals surface area contributed by atoms with E-state index in [9.17, 15) is 5.11 Å². The summed E-state index contributed by atoms with van der Waals surface area (Å²) in [4.78, 5) is 9.07. The minimum Gasteiger partial charge on any atom is -0.388 e. The quantitative estimate of drug-likeness (QED) is 0.634. The molecule has 4 nitrogen and oxygen atoms in total. The maximum Gasteiger partial charge on any atom is 0.126 e. The second-order valence-corrected chi connectivity index (χ2v) is 6.78. The Kier molecular flexibility index (Phi) is 7.31. The van der Waals surface area contributed by atoms with Crippen LogP contribution in [0.5, 0.6) is 0 Å². The summed E-state index contributed by atoms with van der Waals surface area (Å²) < 4.78 is 0. The molecule has 2 rings (SSSR count). The average molecular weight is 366 g/mol. The second kappa shape index (κ2) is 9.47. The third-order valence-corrected chi connectivity index (χ3v) is 4.99. The number of allylic oxidation sites excluding steroid dienone is 4. The molecule has 0 aromatic carbocycles. The monoisotopic (exact) mass is 365 g/mol. The number of fused-ring (bicyclic) bond motifs is 1. The highest BCUT2D eigenvalue weighted by molar-refractivity contribution is 5.88. The van der Waals surface area contributed by atoms with Crippen molar-refractivity contribution >= 4 is 22.2 Å². The molecule has 1 atom stereocenters. The molecule has 0 saturated heterocycles. The van der Waals surface area contributed by atoms with Crippen LogP contribution in [0, 0.1) is 0 Å². The fourth-order valence-electron chi connectivity index (χ4n) is 3.14. The van der Waals surface area contributed by atoms with Crippen molar-refractivity contribution in [3.05, 3.63) is 59.1 Å². The molecule has 0 aliphatic heterocycles. The van der Waals surface area contributed by atoms with Crippen molar-refractivity contribution in [1.82, 2.24) is 9.97 Å². The molecule has 0 amide bonds. The van der Waals surface area contributed by atoms with Crippen LogP contribution in [0.4, 0.5) is 5.82 Å². The summed E-state index contributed by atoms with van der Waals surface area (Å²) >= 11 is 0. The summed E-state index contributed by atoms with van der Waals surface area (Å²) in [6.07, 6.45) is 9.13. The summed E-state index contributed by atoms with van der Waals surface area (Å²) in [6.45, 7) is 10.3. The van der Waals surface area contributed by atoms with Gasteiger partial charge in [-0.2, -0.15) is 0 Å². The number of rotatable bonds is 7. The zero-order valence-corrected chi connectivity index (χ0v) is 17.3. The van der Waals surface area contributed by atoms with Crippen LogP contribution in [-0.2, 0) is 0 Å². The molecular formula is C23H31N3O. The van der Waals surface area contributed by atoms with Crippen molar-refractivity contribution in [2.24, 2.45) is 0 Å². The Labute approximate surface area is 162 Å². The molecule has 27 heavy (non-hydrogen) atoms. The molecule has 2 N–H and O–H groups in total. The predicted octanol–water partition coefficient (Wildman–Crippen LogP) is 5.52. The third kappa shape index (κ3) is 4.83. The van der Waals surface area contributed by atoms with Gasteiger partial charge in [-0.05, 0) is 62.5 Å². The maximum absolute atomic E-state index is 10.4. The van der Waals surface area contributed by atoms with Gasteiger partial charge in [0.2, 0.25) is 0 Å². The number of hydrogen-bond acceptors (Lipinski definition) is 4. The molecule has 1 unspecified atom stereocenters. The summed E-state index contributed by atoms with van der Waals surface area (Å²) in [7, 11) is 1.86. The summed E-state index contributed by atoms with van der Waals surface area (Å²) in [6, 6.07) is 4.06. The lowest BCUT2D eigenvalue weighted by atomic mass is 9.94. The lowest BCUT2D eigenvalue weighted by Gasteiger charge is -2.16. The largest absolute Gasteiger partial charge is 0.388 e. The normalized spacial score (nSPS) is 14.9. The number of nitrogens with one attached hydrogen (secondary N) is 1. The molecule has 2 aromatic heterocycles. The molecule has 0 bridgehead atoms. The van der Waals surface area contributed by atoms with Crippen LogP contribution in [-0.4, -0.2) is 28.2 Å². The van der Waals surface area contributed by atoms with Gasteiger partial charge in [0.15, 0.2) is 0 Å². The fraction of sp³-hybridized carbons (Fsp3) is 0.391. The van der Waals surface area contributed by atoms with E-state index in [-0.39, 0.29) is 0 Å². The Balaban J connectivity index is 2.47. The molecule has 0 saturated carbocycles. The highest BCUT2D eigenvalue weighted by Gasteiger charge is 2.12. The van der Waals surface area contributed by atoms with Gasteiger partial charge in [-0.25, -0.2) is 4.98 Å². The van der Waals surface area contributed by atoms with E-state index in [0.717, 1.165) is 45.4 Å². The van der Waals surface area contributed by atoms with Crippen LogP contribution in [0.1, 0.15) is 53.2 Å². The van der Waals surface area contributed by atoms with Crippen LogP contribution in [0.3, 0.4) is 0 Å². The van der Waals surface area contributed by atoms with Gasteiger partial charge in [0.1, 0.15) is 5.82 Å². The van der Waals surface area contributed by atoms with E-state index in [1.54, 1.807) is 0 Å². The van der Waals surface area contributed by atoms with Crippen LogP contribution < -0.4 is 5.32 Å². The SMILES string of the molecule is C\C=C(/C(C)=C\C(=C(/C)CC)C(O)CC)c1cc2cnc(NC)cc2cn1. The molecule has 4 heteroatoms. The molecular weight excluding hydrogens is 334 g/mol. The van der Waals surface area contributed by atoms with Gasteiger partial charge >= 0.3 is 0 Å². The Hall–Kier alpha value is -2.46. The molecule has 2 heterocycles. The summed E-state index contributed by atoms with van der Waals surface area (Å²) in [5.74, 6) is 0.831. The first-order chi connectivity index (χ1) is 12.9. The number of pyridine rings is 2. The lowest BCUT2D eigenvalue weighted by molar-refractivity contribution is 0.209. The van der Waals surface area contributed by atoms with Gasteiger partial charge in [0.25, 0.3) is 0 Å². The van der Waals surface area contributed by atoms with Crippen LogP contribution in [0.25, 0.3) is 16.3 Å². The average Bonchev–Trinajstić information content (AvgIpc) is 2.70. The van der Waals surface area contributed by atoms with Gasteiger partial charge in [0, 0.05) is 30.2 Å². The molecule has 0 fully saturated rings. The minimum atomic E-state index is -0.438. The van der Waals surface area contributed by atoms with Crippen molar-refractivity contribution in [3.63, 3.8) is 0 Å². The zero-order chi connectivity index (χ0) is 20.0. The zero-order valence-electron chi connectivity index (χ0n) is 17.3.